The maximum absolute atomic E-state index is 12.7. The average Bonchev–Trinajstić information content (AvgIpc) is 3.24. The molecule has 0 radical (unpaired) electrons. The Morgan fingerprint density at radius 1 is 1.00 bits per heavy atom. The molecule has 33 heavy (non-hydrogen) atoms. The van der Waals surface area contributed by atoms with Gasteiger partial charge in [0.05, 0.1) is 18.2 Å². The quantitative estimate of drug-likeness (QED) is 0.319. The minimum Gasteiger partial charge on any atom is -0.346 e. The van der Waals surface area contributed by atoms with Gasteiger partial charge in [0.25, 0.3) is 0 Å². The number of nitrogens with zero attached hydrogens (tertiary/aromatic N) is 3. The Bertz CT molecular complexity index is 1230. The molecular weight excluding hydrogens is 452 g/mol. The monoisotopic (exact) mass is 476 g/mol. The molecule has 168 valence electrons. The van der Waals surface area contributed by atoms with E-state index in [2.05, 4.69) is 27.6 Å². The highest BCUT2D eigenvalue weighted by Gasteiger charge is 2.22. The lowest BCUT2D eigenvalue weighted by molar-refractivity contribution is -0.121. The fraction of sp³-hybridized carbons (Fsp3) is 0.192. The number of aryl methyl sites for hydroxylation is 1. The molecule has 1 amide bonds. The van der Waals surface area contributed by atoms with Crippen LogP contribution >= 0.6 is 23.4 Å². The maximum Gasteiger partial charge on any atom is 0.224 e. The first-order chi connectivity index (χ1) is 16.0. The van der Waals surface area contributed by atoms with Gasteiger partial charge in [0.2, 0.25) is 5.91 Å². The van der Waals surface area contributed by atoms with Crippen LogP contribution in [-0.2, 0) is 17.0 Å². The molecule has 0 saturated carbocycles. The summed E-state index contributed by atoms with van der Waals surface area (Å²) in [5, 5.41) is 13.4. The van der Waals surface area contributed by atoms with Gasteiger partial charge in [-0.1, -0.05) is 90.1 Å². The smallest absolute Gasteiger partial charge is 0.224 e. The van der Waals surface area contributed by atoms with Crippen LogP contribution in [-0.4, -0.2) is 20.7 Å². The number of rotatable bonds is 8. The van der Waals surface area contributed by atoms with Crippen LogP contribution in [0.4, 0.5) is 0 Å². The Morgan fingerprint density at radius 2 is 1.67 bits per heavy atom. The van der Waals surface area contributed by atoms with Gasteiger partial charge in [0.1, 0.15) is 0 Å². The minimum atomic E-state index is -0.335. The molecule has 0 bridgehead atoms. The van der Waals surface area contributed by atoms with Crippen molar-refractivity contribution in [3.05, 3.63) is 106 Å². The molecule has 1 aromatic heterocycles. The number of amides is 1. The molecule has 7 heteroatoms. The molecule has 1 N–H and O–H groups in total. The highest BCUT2D eigenvalue weighted by Crippen LogP contribution is 2.30. The van der Waals surface area contributed by atoms with Gasteiger partial charge in [-0.3, -0.25) is 9.36 Å². The number of hydrogen-bond acceptors (Lipinski definition) is 4. The third-order valence-electron chi connectivity index (χ3n) is 5.25. The molecule has 1 heterocycles. The molecule has 0 aliphatic heterocycles. The number of carbonyl (C=O) groups excluding carboxylic acids is 1. The molecule has 0 saturated heterocycles. The SMILES string of the molecule is Cc1ccc(Cl)cc1-n1c(SCc2ccccc2)nnc1C(C)NC(=O)Cc1ccccc1. The Hall–Kier alpha value is -3.09. The zero-order valence-corrected chi connectivity index (χ0v) is 20.1. The van der Waals surface area contributed by atoms with Gasteiger partial charge in [-0.05, 0) is 42.7 Å². The predicted molar refractivity (Wildman–Crippen MR) is 134 cm³/mol. The normalized spacial score (nSPS) is 11.8. The summed E-state index contributed by atoms with van der Waals surface area (Å²) in [6, 6.07) is 25.3. The number of nitrogens with one attached hydrogen (secondary N) is 1. The summed E-state index contributed by atoms with van der Waals surface area (Å²) in [7, 11) is 0. The van der Waals surface area contributed by atoms with E-state index in [1.54, 1.807) is 11.8 Å². The zero-order chi connectivity index (χ0) is 23.2. The van der Waals surface area contributed by atoms with E-state index in [1.165, 1.54) is 5.56 Å². The Balaban J connectivity index is 1.62. The van der Waals surface area contributed by atoms with E-state index in [-0.39, 0.29) is 11.9 Å². The van der Waals surface area contributed by atoms with Gasteiger partial charge in [0.15, 0.2) is 11.0 Å². The van der Waals surface area contributed by atoms with Crippen LogP contribution in [0.3, 0.4) is 0 Å². The fourth-order valence-corrected chi connectivity index (χ4v) is 4.64. The number of carbonyl (C=O) groups is 1. The number of benzene rings is 3. The minimum absolute atomic E-state index is 0.0652. The maximum atomic E-state index is 12.7. The third kappa shape index (κ3) is 5.83. The summed E-state index contributed by atoms with van der Waals surface area (Å²) in [6.45, 7) is 3.95. The lowest BCUT2D eigenvalue weighted by atomic mass is 10.1. The van der Waals surface area contributed by atoms with Gasteiger partial charge < -0.3 is 5.32 Å². The van der Waals surface area contributed by atoms with Crippen molar-refractivity contribution in [2.75, 3.05) is 0 Å². The summed E-state index contributed by atoms with van der Waals surface area (Å²) in [6.07, 6.45) is 0.311. The van der Waals surface area contributed by atoms with Crippen molar-refractivity contribution >= 4 is 29.3 Å². The van der Waals surface area contributed by atoms with E-state index in [0.29, 0.717) is 17.3 Å². The van der Waals surface area contributed by atoms with Crippen LogP contribution in [0.25, 0.3) is 5.69 Å². The van der Waals surface area contributed by atoms with E-state index < -0.39 is 0 Å². The van der Waals surface area contributed by atoms with E-state index in [1.807, 2.05) is 85.1 Å². The van der Waals surface area contributed by atoms with Crippen molar-refractivity contribution in [2.24, 2.45) is 0 Å². The van der Waals surface area contributed by atoms with Crippen molar-refractivity contribution in [1.29, 1.82) is 0 Å². The summed E-state index contributed by atoms with van der Waals surface area (Å²) >= 11 is 7.94. The first kappa shape index (κ1) is 23.1. The molecule has 1 unspecified atom stereocenters. The summed E-state index contributed by atoms with van der Waals surface area (Å²) < 4.78 is 2.00. The molecule has 3 aromatic carbocycles. The summed E-state index contributed by atoms with van der Waals surface area (Å²) in [4.78, 5) is 12.7. The van der Waals surface area contributed by atoms with E-state index in [4.69, 9.17) is 11.6 Å². The second kappa shape index (κ2) is 10.7. The lowest BCUT2D eigenvalue weighted by Gasteiger charge is -2.18. The molecule has 0 aliphatic rings. The summed E-state index contributed by atoms with van der Waals surface area (Å²) in [5.41, 5.74) is 4.12. The van der Waals surface area contributed by atoms with Gasteiger partial charge in [-0.25, -0.2) is 0 Å². The highest BCUT2D eigenvalue weighted by atomic mass is 35.5. The van der Waals surface area contributed by atoms with E-state index >= 15 is 0 Å². The van der Waals surface area contributed by atoms with Crippen LogP contribution in [0.5, 0.6) is 0 Å². The highest BCUT2D eigenvalue weighted by molar-refractivity contribution is 7.98. The number of aromatic nitrogens is 3. The summed E-state index contributed by atoms with van der Waals surface area (Å²) in [5.74, 6) is 1.36. The molecule has 0 fully saturated rings. The van der Waals surface area contributed by atoms with Gasteiger partial charge in [-0.2, -0.15) is 0 Å². The second-order valence-corrected chi connectivity index (χ2v) is 9.21. The Kier molecular flexibility index (Phi) is 7.47. The Morgan fingerprint density at radius 3 is 2.36 bits per heavy atom. The topological polar surface area (TPSA) is 59.8 Å². The van der Waals surface area contributed by atoms with Crippen molar-refractivity contribution in [3.8, 4) is 5.69 Å². The zero-order valence-electron chi connectivity index (χ0n) is 18.5. The van der Waals surface area contributed by atoms with Crippen LogP contribution in [0.2, 0.25) is 5.02 Å². The standard InChI is InChI=1S/C26H25ClN4OS/c1-18-13-14-22(27)16-23(18)31-25(19(2)28-24(32)15-20-9-5-3-6-10-20)29-30-26(31)33-17-21-11-7-4-8-12-21/h3-14,16,19H,15,17H2,1-2H3,(H,28,32). The molecule has 0 aliphatic carbocycles. The first-order valence-electron chi connectivity index (χ1n) is 10.7. The molecule has 1 atom stereocenters. The van der Waals surface area contributed by atoms with Crippen LogP contribution in [0.15, 0.2) is 84.0 Å². The van der Waals surface area contributed by atoms with Crippen LogP contribution in [0, 0.1) is 6.92 Å². The number of thioether (sulfide) groups is 1. The van der Waals surface area contributed by atoms with Crippen molar-refractivity contribution in [3.63, 3.8) is 0 Å². The Labute approximate surface area is 203 Å². The molecule has 4 rings (SSSR count). The van der Waals surface area contributed by atoms with Crippen molar-refractivity contribution < 1.29 is 4.79 Å². The predicted octanol–water partition coefficient (Wildman–Crippen LogP) is 5.94. The van der Waals surface area contributed by atoms with E-state index in [0.717, 1.165) is 27.7 Å². The molecular formula is C26H25ClN4OS. The van der Waals surface area contributed by atoms with Crippen LogP contribution in [0.1, 0.15) is 35.5 Å². The second-order valence-electron chi connectivity index (χ2n) is 7.83. The molecule has 4 aromatic rings. The number of hydrogen-bond donors (Lipinski definition) is 1. The fourth-order valence-electron chi connectivity index (χ4n) is 3.57. The first-order valence-corrected chi connectivity index (χ1v) is 12.1. The van der Waals surface area contributed by atoms with E-state index in [9.17, 15) is 4.79 Å². The molecule has 5 nitrogen and oxygen atoms in total. The molecule has 0 spiro atoms. The van der Waals surface area contributed by atoms with Gasteiger partial charge >= 0.3 is 0 Å². The third-order valence-corrected chi connectivity index (χ3v) is 6.49. The van der Waals surface area contributed by atoms with Gasteiger partial charge in [-0.15, -0.1) is 10.2 Å². The van der Waals surface area contributed by atoms with Crippen LogP contribution < -0.4 is 5.32 Å². The number of halogens is 1. The largest absolute Gasteiger partial charge is 0.346 e. The average molecular weight is 477 g/mol. The van der Waals surface area contributed by atoms with Gasteiger partial charge in [0, 0.05) is 10.8 Å². The van der Waals surface area contributed by atoms with Crippen molar-refractivity contribution in [2.45, 2.75) is 37.2 Å². The van der Waals surface area contributed by atoms with Crippen molar-refractivity contribution in [1.82, 2.24) is 20.1 Å². The lowest BCUT2D eigenvalue weighted by Crippen LogP contribution is -2.30.